The fourth-order valence-corrected chi connectivity index (χ4v) is 3.85. The van der Waals surface area contributed by atoms with Crippen molar-refractivity contribution < 1.29 is 13.9 Å². The molecule has 2 heterocycles. The van der Waals surface area contributed by atoms with E-state index in [1.807, 2.05) is 66.7 Å². The topological polar surface area (TPSA) is 72.3 Å². The molecule has 0 saturated carbocycles. The number of benzene rings is 3. The van der Waals surface area contributed by atoms with Crippen LogP contribution in [-0.2, 0) is 4.74 Å². The summed E-state index contributed by atoms with van der Waals surface area (Å²) in [5.41, 5.74) is 2.34. The van der Waals surface area contributed by atoms with Crippen LogP contribution in [0.4, 0.5) is 0 Å². The van der Waals surface area contributed by atoms with E-state index in [1.54, 1.807) is 6.92 Å². The summed E-state index contributed by atoms with van der Waals surface area (Å²) in [7, 11) is 0. The lowest BCUT2D eigenvalue weighted by Crippen LogP contribution is -2.21. The van der Waals surface area contributed by atoms with Crippen LogP contribution in [0.1, 0.15) is 17.3 Å². The lowest BCUT2D eigenvalue weighted by Gasteiger charge is -2.11. The Morgan fingerprint density at radius 3 is 2.52 bits per heavy atom. The number of H-pyrrole nitrogens is 1. The van der Waals surface area contributed by atoms with Gasteiger partial charge in [-0.25, -0.2) is 4.79 Å². The molecule has 0 aliphatic carbocycles. The Morgan fingerprint density at radius 2 is 1.69 bits per heavy atom. The fraction of sp³-hybridized carbons (Fsp3) is 0.0833. The van der Waals surface area contributed by atoms with Crippen molar-refractivity contribution in [2.24, 2.45) is 0 Å². The molecule has 29 heavy (non-hydrogen) atoms. The monoisotopic (exact) mass is 383 g/mol. The molecule has 0 bridgehead atoms. The van der Waals surface area contributed by atoms with Gasteiger partial charge >= 0.3 is 5.97 Å². The molecule has 0 saturated heterocycles. The number of aromatic amines is 1. The van der Waals surface area contributed by atoms with E-state index in [0.717, 1.165) is 21.7 Å². The van der Waals surface area contributed by atoms with E-state index in [0.29, 0.717) is 22.2 Å². The van der Waals surface area contributed by atoms with E-state index in [-0.39, 0.29) is 12.2 Å². The van der Waals surface area contributed by atoms with E-state index in [2.05, 4.69) is 4.98 Å². The van der Waals surface area contributed by atoms with E-state index in [9.17, 15) is 9.59 Å². The minimum atomic E-state index is -0.668. The zero-order valence-electron chi connectivity index (χ0n) is 15.7. The predicted molar refractivity (Wildman–Crippen MR) is 113 cm³/mol. The van der Waals surface area contributed by atoms with E-state index >= 15 is 0 Å². The predicted octanol–water partition coefficient (Wildman–Crippen LogP) is 5.27. The van der Waals surface area contributed by atoms with E-state index in [4.69, 9.17) is 9.15 Å². The van der Waals surface area contributed by atoms with Gasteiger partial charge < -0.3 is 14.1 Å². The maximum atomic E-state index is 13.0. The third-order valence-electron chi connectivity index (χ3n) is 5.08. The highest BCUT2D eigenvalue weighted by atomic mass is 16.5. The second-order valence-corrected chi connectivity index (χ2v) is 6.75. The number of aromatic nitrogens is 1. The maximum absolute atomic E-state index is 13.0. The molecule has 142 valence electrons. The summed E-state index contributed by atoms with van der Waals surface area (Å²) >= 11 is 0. The van der Waals surface area contributed by atoms with Gasteiger partial charge in [0.15, 0.2) is 5.58 Å². The Hall–Kier alpha value is -3.86. The highest BCUT2D eigenvalue weighted by molar-refractivity contribution is 6.15. The summed E-state index contributed by atoms with van der Waals surface area (Å²) in [6.07, 6.45) is 0. The molecule has 0 radical (unpaired) electrons. The lowest BCUT2D eigenvalue weighted by atomic mass is 9.94. The molecule has 0 aliphatic heterocycles. The number of hydrogen-bond donors (Lipinski definition) is 1. The van der Waals surface area contributed by atoms with Gasteiger partial charge in [0.1, 0.15) is 11.1 Å². The van der Waals surface area contributed by atoms with Gasteiger partial charge in [0, 0.05) is 10.9 Å². The molecule has 0 atom stereocenters. The first kappa shape index (κ1) is 17.3. The minimum Gasteiger partial charge on any atom is -0.462 e. The summed E-state index contributed by atoms with van der Waals surface area (Å²) in [5, 5.41) is 2.72. The number of esters is 1. The molecule has 0 unspecified atom stereocenters. The largest absolute Gasteiger partial charge is 0.462 e. The van der Waals surface area contributed by atoms with Gasteiger partial charge in [0.05, 0.1) is 12.1 Å². The quantitative estimate of drug-likeness (QED) is 0.431. The van der Waals surface area contributed by atoms with Crippen LogP contribution in [0.15, 0.2) is 75.9 Å². The summed E-state index contributed by atoms with van der Waals surface area (Å²) in [6.45, 7) is 1.88. The molecule has 5 rings (SSSR count). The number of nitrogens with one attached hydrogen (secondary N) is 1. The Labute approximate surface area is 165 Å². The molecule has 5 aromatic rings. The number of rotatable bonds is 3. The summed E-state index contributed by atoms with van der Waals surface area (Å²) < 4.78 is 11.3. The van der Waals surface area contributed by atoms with Gasteiger partial charge in [-0.3, -0.25) is 4.79 Å². The molecule has 2 aromatic heterocycles. The molecule has 0 spiro atoms. The zero-order chi connectivity index (χ0) is 20.0. The van der Waals surface area contributed by atoms with Gasteiger partial charge in [-0.1, -0.05) is 54.6 Å². The molecular formula is C24H17NO4. The van der Waals surface area contributed by atoms with Gasteiger partial charge in [0.25, 0.3) is 5.56 Å². The molecule has 1 N–H and O–H groups in total. The van der Waals surface area contributed by atoms with Crippen LogP contribution in [0.5, 0.6) is 0 Å². The van der Waals surface area contributed by atoms with Crippen molar-refractivity contribution in [3.8, 4) is 11.1 Å². The lowest BCUT2D eigenvalue weighted by molar-refractivity contribution is 0.0525. The molecule has 5 heteroatoms. The first-order valence-corrected chi connectivity index (χ1v) is 9.42. The minimum absolute atomic E-state index is 0.0465. The molecule has 0 aliphatic rings. The number of carbonyl (C=O) groups excluding carboxylic acids is 1. The van der Waals surface area contributed by atoms with Crippen molar-refractivity contribution in [1.29, 1.82) is 0 Å². The molecule has 5 nitrogen and oxygen atoms in total. The van der Waals surface area contributed by atoms with E-state index < -0.39 is 11.5 Å². The van der Waals surface area contributed by atoms with Crippen LogP contribution >= 0.6 is 0 Å². The number of pyridine rings is 1. The van der Waals surface area contributed by atoms with Crippen molar-refractivity contribution in [2.45, 2.75) is 6.92 Å². The first-order valence-electron chi connectivity index (χ1n) is 9.42. The maximum Gasteiger partial charge on any atom is 0.344 e. The van der Waals surface area contributed by atoms with Crippen LogP contribution in [0.3, 0.4) is 0 Å². The van der Waals surface area contributed by atoms with Crippen molar-refractivity contribution in [3.05, 3.63) is 82.6 Å². The van der Waals surface area contributed by atoms with Crippen LogP contribution in [0.25, 0.3) is 44.0 Å². The smallest absolute Gasteiger partial charge is 0.344 e. The fourth-order valence-electron chi connectivity index (χ4n) is 3.85. The van der Waals surface area contributed by atoms with Crippen molar-refractivity contribution in [1.82, 2.24) is 4.98 Å². The van der Waals surface area contributed by atoms with Gasteiger partial charge in [0.2, 0.25) is 0 Å². The highest BCUT2D eigenvalue weighted by Gasteiger charge is 2.26. The van der Waals surface area contributed by atoms with Gasteiger partial charge in [-0.05, 0) is 35.4 Å². The summed E-state index contributed by atoms with van der Waals surface area (Å²) in [5.74, 6) is -0.668. The average Bonchev–Trinajstić information content (AvgIpc) is 3.11. The number of ether oxygens (including phenoxy) is 1. The molecular weight excluding hydrogens is 366 g/mol. The average molecular weight is 383 g/mol. The Kier molecular flexibility index (Phi) is 3.95. The second-order valence-electron chi connectivity index (χ2n) is 6.75. The Bertz CT molecular complexity index is 1450. The van der Waals surface area contributed by atoms with Crippen molar-refractivity contribution in [2.75, 3.05) is 6.61 Å². The zero-order valence-corrected chi connectivity index (χ0v) is 15.7. The number of furan rings is 1. The normalized spacial score (nSPS) is 11.3. The SMILES string of the molecule is CCOC(=O)c1c(-c2cccc3ccccc23)c2oc3ccccc3c2[nH]c1=O. The van der Waals surface area contributed by atoms with Crippen molar-refractivity contribution >= 4 is 38.8 Å². The third kappa shape index (κ3) is 2.63. The molecule has 3 aromatic carbocycles. The first-order chi connectivity index (χ1) is 14.2. The van der Waals surface area contributed by atoms with Crippen molar-refractivity contribution in [3.63, 3.8) is 0 Å². The molecule has 0 amide bonds. The van der Waals surface area contributed by atoms with Gasteiger partial charge in [-0.2, -0.15) is 0 Å². The third-order valence-corrected chi connectivity index (χ3v) is 5.08. The number of carbonyl (C=O) groups is 1. The second kappa shape index (κ2) is 6.63. The standard InChI is InChI=1S/C24H17NO4/c1-2-28-24(27)20-19(16-12-7-9-14-8-3-4-10-15(14)16)22-21(25-23(20)26)17-11-5-6-13-18(17)29-22/h3-13H,2H2,1H3,(H,25,26). The van der Waals surface area contributed by atoms with Crippen LogP contribution in [0, 0.1) is 0 Å². The highest BCUT2D eigenvalue weighted by Crippen LogP contribution is 2.38. The molecule has 0 fully saturated rings. The number of hydrogen-bond acceptors (Lipinski definition) is 4. The summed E-state index contributed by atoms with van der Waals surface area (Å²) in [6, 6.07) is 21.1. The number of para-hydroxylation sites is 1. The Morgan fingerprint density at radius 1 is 0.966 bits per heavy atom. The van der Waals surface area contributed by atoms with Crippen LogP contribution in [0.2, 0.25) is 0 Å². The Balaban J connectivity index is 1.99. The van der Waals surface area contributed by atoms with E-state index in [1.165, 1.54) is 0 Å². The van der Waals surface area contributed by atoms with Crippen LogP contribution < -0.4 is 5.56 Å². The number of fused-ring (bicyclic) bond motifs is 4. The summed E-state index contributed by atoms with van der Waals surface area (Å²) in [4.78, 5) is 28.6. The van der Waals surface area contributed by atoms with Crippen LogP contribution in [-0.4, -0.2) is 17.6 Å². The van der Waals surface area contributed by atoms with Gasteiger partial charge in [-0.15, -0.1) is 0 Å².